The fraction of sp³-hybridized carbons (Fsp3) is 0.500. The van der Waals surface area contributed by atoms with E-state index in [-0.39, 0.29) is 11.6 Å². The first-order valence-electron chi connectivity index (χ1n) is 6.66. The molecule has 1 heterocycles. The van der Waals surface area contributed by atoms with Crippen molar-refractivity contribution in [3.05, 3.63) is 29.8 Å². The minimum atomic E-state index is -0.614. The predicted octanol–water partition coefficient (Wildman–Crippen LogP) is 1.36. The van der Waals surface area contributed by atoms with Crippen LogP contribution in [0.3, 0.4) is 0 Å². The van der Waals surface area contributed by atoms with Crippen molar-refractivity contribution in [3.63, 3.8) is 0 Å². The van der Waals surface area contributed by atoms with E-state index in [9.17, 15) is 13.6 Å². The average molecular weight is 269 g/mol. The van der Waals surface area contributed by atoms with Crippen LogP contribution >= 0.6 is 0 Å². The lowest BCUT2D eigenvalue weighted by molar-refractivity contribution is -0.920. The number of hydrogen-bond donors (Lipinski definition) is 2. The maximum absolute atomic E-state index is 13.4. The van der Waals surface area contributed by atoms with Crippen LogP contribution in [0.25, 0.3) is 0 Å². The van der Waals surface area contributed by atoms with Crippen molar-refractivity contribution < 1.29 is 18.5 Å². The Morgan fingerprint density at radius 1 is 1.42 bits per heavy atom. The second kappa shape index (κ2) is 6.10. The number of anilines is 1. The topological polar surface area (TPSA) is 33.5 Å². The Morgan fingerprint density at radius 2 is 2.21 bits per heavy atom. The van der Waals surface area contributed by atoms with Gasteiger partial charge in [-0.15, -0.1) is 0 Å². The number of benzene rings is 1. The minimum Gasteiger partial charge on any atom is -0.325 e. The molecule has 0 aliphatic carbocycles. The number of nitrogens with one attached hydrogen (secondary N) is 2. The molecule has 1 saturated heterocycles. The SMILES string of the molecule is C[C@H]1CCCC[NH+]1CC(=O)Nc1cc(F)ccc1F. The Morgan fingerprint density at radius 3 is 2.95 bits per heavy atom. The summed E-state index contributed by atoms with van der Waals surface area (Å²) in [6, 6.07) is 3.49. The van der Waals surface area contributed by atoms with Crippen molar-refractivity contribution in [2.24, 2.45) is 0 Å². The third kappa shape index (κ3) is 3.73. The summed E-state index contributed by atoms with van der Waals surface area (Å²) in [6.07, 6.45) is 3.42. The van der Waals surface area contributed by atoms with Gasteiger partial charge in [-0.3, -0.25) is 4.79 Å². The molecule has 0 bridgehead atoms. The summed E-state index contributed by atoms with van der Waals surface area (Å²) in [6.45, 7) is 3.38. The highest BCUT2D eigenvalue weighted by molar-refractivity contribution is 5.91. The van der Waals surface area contributed by atoms with Crippen LogP contribution in [-0.2, 0) is 4.79 Å². The average Bonchev–Trinajstić information content (AvgIpc) is 2.37. The Hall–Kier alpha value is -1.49. The number of amides is 1. The van der Waals surface area contributed by atoms with Crippen molar-refractivity contribution in [2.45, 2.75) is 32.2 Å². The second-order valence-electron chi connectivity index (χ2n) is 5.15. The zero-order valence-corrected chi connectivity index (χ0v) is 11.0. The smallest absolute Gasteiger partial charge is 0.279 e. The largest absolute Gasteiger partial charge is 0.325 e. The van der Waals surface area contributed by atoms with E-state index in [4.69, 9.17) is 0 Å². The van der Waals surface area contributed by atoms with E-state index in [1.165, 1.54) is 11.3 Å². The number of hydrogen-bond acceptors (Lipinski definition) is 1. The third-order valence-corrected chi connectivity index (χ3v) is 3.67. The molecule has 0 spiro atoms. The molecule has 3 nitrogen and oxygen atoms in total. The van der Waals surface area contributed by atoms with Crippen LogP contribution in [0.5, 0.6) is 0 Å². The number of carbonyl (C=O) groups excluding carboxylic acids is 1. The Bertz CT molecular complexity index is 465. The normalized spacial score (nSPS) is 23.1. The van der Waals surface area contributed by atoms with E-state index in [1.807, 2.05) is 0 Å². The first-order chi connectivity index (χ1) is 9.06. The predicted molar refractivity (Wildman–Crippen MR) is 69.0 cm³/mol. The van der Waals surface area contributed by atoms with E-state index in [0.717, 1.165) is 37.6 Å². The lowest BCUT2D eigenvalue weighted by Gasteiger charge is -2.29. The zero-order chi connectivity index (χ0) is 13.8. The molecule has 0 saturated carbocycles. The van der Waals surface area contributed by atoms with Crippen LogP contribution in [-0.4, -0.2) is 25.0 Å². The van der Waals surface area contributed by atoms with Crippen molar-refractivity contribution in [2.75, 3.05) is 18.4 Å². The molecule has 19 heavy (non-hydrogen) atoms. The molecule has 2 rings (SSSR count). The maximum Gasteiger partial charge on any atom is 0.279 e. The van der Waals surface area contributed by atoms with Gasteiger partial charge in [0.1, 0.15) is 11.6 Å². The Kier molecular flexibility index (Phi) is 4.47. The van der Waals surface area contributed by atoms with E-state index in [0.29, 0.717) is 12.6 Å². The van der Waals surface area contributed by atoms with E-state index < -0.39 is 11.6 Å². The molecule has 104 valence electrons. The van der Waals surface area contributed by atoms with Gasteiger partial charge in [0.15, 0.2) is 6.54 Å². The number of likely N-dealkylation sites (tertiary alicyclic amines) is 1. The molecule has 0 radical (unpaired) electrons. The summed E-state index contributed by atoms with van der Waals surface area (Å²) in [7, 11) is 0. The molecule has 1 aromatic carbocycles. The van der Waals surface area contributed by atoms with Gasteiger partial charge in [-0.25, -0.2) is 8.78 Å². The van der Waals surface area contributed by atoms with Gasteiger partial charge in [0.25, 0.3) is 5.91 Å². The fourth-order valence-corrected chi connectivity index (χ4v) is 2.51. The highest BCUT2D eigenvalue weighted by Gasteiger charge is 2.24. The van der Waals surface area contributed by atoms with Crippen molar-refractivity contribution in [1.29, 1.82) is 0 Å². The number of carbonyl (C=O) groups is 1. The number of halogens is 2. The number of quaternary nitrogens is 1. The highest BCUT2D eigenvalue weighted by atomic mass is 19.1. The zero-order valence-electron chi connectivity index (χ0n) is 11.0. The Balaban J connectivity index is 1.95. The molecular formula is C14H19F2N2O+. The lowest BCUT2D eigenvalue weighted by Crippen LogP contribution is -3.17. The Labute approximate surface area is 111 Å². The van der Waals surface area contributed by atoms with E-state index >= 15 is 0 Å². The lowest BCUT2D eigenvalue weighted by atomic mass is 10.0. The summed E-state index contributed by atoms with van der Waals surface area (Å²) >= 11 is 0. The highest BCUT2D eigenvalue weighted by Crippen LogP contribution is 2.14. The van der Waals surface area contributed by atoms with Gasteiger partial charge >= 0.3 is 0 Å². The minimum absolute atomic E-state index is 0.0888. The number of rotatable bonds is 3. The fourth-order valence-electron chi connectivity index (χ4n) is 2.51. The molecule has 5 heteroatoms. The molecule has 1 aliphatic rings. The summed E-state index contributed by atoms with van der Waals surface area (Å²) in [4.78, 5) is 13.1. The van der Waals surface area contributed by atoms with Crippen molar-refractivity contribution in [3.8, 4) is 0 Å². The van der Waals surface area contributed by atoms with Crippen LogP contribution in [0.15, 0.2) is 18.2 Å². The maximum atomic E-state index is 13.4. The first kappa shape index (κ1) is 13.9. The molecule has 1 aromatic rings. The van der Waals surface area contributed by atoms with Gasteiger partial charge in [0, 0.05) is 6.07 Å². The monoisotopic (exact) mass is 269 g/mol. The molecule has 1 fully saturated rings. The standard InChI is InChI=1S/C14H18F2N2O/c1-10-4-2-3-7-18(10)9-14(19)17-13-8-11(15)5-6-12(13)16/h5-6,8,10H,2-4,7,9H2,1H3,(H,17,19)/p+1/t10-/m0/s1. The van der Waals surface area contributed by atoms with Gasteiger partial charge < -0.3 is 10.2 Å². The molecule has 0 aromatic heterocycles. The first-order valence-corrected chi connectivity index (χ1v) is 6.66. The molecule has 2 N–H and O–H groups in total. The van der Waals surface area contributed by atoms with Crippen LogP contribution in [0.4, 0.5) is 14.5 Å². The third-order valence-electron chi connectivity index (χ3n) is 3.67. The van der Waals surface area contributed by atoms with Gasteiger partial charge in [-0.05, 0) is 38.3 Å². The molecular weight excluding hydrogens is 250 g/mol. The molecule has 1 amide bonds. The quantitative estimate of drug-likeness (QED) is 0.853. The summed E-state index contributed by atoms with van der Waals surface area (Å²) in [5.74, 6) is -1.44. The van der Waals surface area contributed by atoms with E-state index in [2.05, 4.69) is 12.2 Å². The molecule has 1 aliphatic heterocycles. The van der Waals surface area contributed by atoms with Gasteiger partial charge in [0.05, 0.1) is 18.3 Å². The van der Waals surface area contributed by atoms with E-state index in [1.54, 1.807) is 0 Å². The van der Waals surface area contributed by atoms with Gasteiger partial charge in [0.2, 0.25) is 0 Å². The van der Waals surface area contributed by atoms with Gasteiger partial charge in [-0.1, -0.05) is 0 Å². The summed E-state index contributed by atoms with van der Waals surface area (Å²) in [5.41, 5.74) is -0.0888. The number of piperidine rings is 1. The molecule has 1 unspecified atom stereocenters. The van der Waals surface area contributed by atoms with Gasteiger partial charge in [-0.2, -0.15) is 0 Å². The van der Waals surface area contributed by atoms with Crippen molar-refractivity contribution >= 4 is 11.6 Å². The van der Waals surface area contributed by atoms with Crippen LogP contribution in [0, 0.1) is 11.6 Å². The summed E-state index contributed by atoms with van der Waals surface area (Å²) in [5, 5.41) is 2.44. The second-order valence-corrected chi connectivity index (χ2v) is 5.15. The summed E-state index contributed by atoms with van der Waals surface area (Å²) < 4.78 is 26.4. The van der Waals surface area contributed by atoms with Crippen molar-refractivity contribution in [1.82, 2.24) is 0 Å². The molecule has 2 atom stereocenters. The van der Waals surface area contributed by atoms with Crippen LogP contribution < -0.4 is 10.2 Å². The van der Waals surface area contributed by atoms with Crippen LogP contribution in [0.2, 0.25) is 0 Å². The van der Waals surface area contributed by atoms with Crippen LogP contribution in [0.1, 0.15) is 26.2 Å².